The van der Waals surface area contributed by atoms with Gasteiger partial charge in [-0.1, -0.05) is 23.7 Å². The van der Waals surface area contributed by atoms with Gasteiger partial charge in [0.1, 0.15) is 5.75 Å². The number of amides is 1. The summed E-state index contributed by atoms with van der Waals surface area (Å²) in [5.74, 6) is 0.246. The number of rotatable bonds is 5. The minimum absolute atomic E-state index is 0.154. The van der Waals surface area contributed by atoms with E-state index in [0.29, 0.717) is 40.2 Å². The third-order valence-corrected chi connectivity index (χ3v) is 4.42. The molecular formula is C20H19ClN2O3. The number of nitrogens with one attached hydrogen (secondary N) is 1. The van der Waals surface area contributed by atoms with E-state index >= 15 is 0 Å². The molecule has 26 heavy (non-hydrogen) atoms. The molecule has 0 saturated heterocycles. The predicted octanol–water partition coefficient (Wildman–Crippen LogP) is 3.94. The summed E-state index contributed by atoms with van der Waals surface area (Å²) >= 11 is 5.97. The molecule has 0 atom stereocenters. The van der Waals surface area contributed by atoms with Crippen LogP contribution in [0.15, 0.2) is 48.7 Å². The van der Waals surface area contributed by atoms with Gasteiger partial charge in [-0.2, -0.15) is 0 Å². The average Bonchev–Trinajstić information content (AvgIpc) is 3.00. The van der Waals surface area contributed by atoms with Crippen LogP contribution in [-0.2, 0) is 6.42 Å². The zero-order valence-corrected chi connectivity index (χ0v) is 15.3. The maximum Gasteiger partial charge on any atom is 0.253 e. The van der Waals surface area contributed by atoms with Gasteiger partial charge in [-0.25, -0.2) is 0 Å². The normalized spacial score (nSPS) is 10.7. The zero-order valence-electron chi connectivity index (χ0n) is 14.6. The number of hydrogen-bond donors (Lipinski definition) is 1. The van der Waals surface area contributed by atoms with Crippen LogP contribution >= 0.6 is 11.6 Å². The van der Waals surface area contributed by atoms with E-state index in [1.165, 1.54) is 11.5 Å². The molecule has 0 saturated carbocycles. The molecule has 2 aromatic carbocycles. The molecule has 0 aliphatic rings. The van der Waals surface area contributed by atoms with Gasteiger partial charge in [0.15, 0.2) is 0 Å². The van der Waals surface area contributed by atoms with E-state index in [9.17, 15) is 9.59 Å². The summed E-state index contributed by atoms with van der Waals surface area (Å²) < 4.78 is 6.71. The molecule has 134 valence electrons. The smallest absolute Gasteiger partial charge is 0.253 e. The van der Waals surface area contributed by atoms with Crippen LogP contribution in [0.4, 0.5) is 0 Å². The van der Waals surface area contributed by atoms with Crippen LogP contribution in [0.2, 0.25) is 5.02 Å². The first-order valence-electron chi connectivity index (χ1n) is 8.22. The van der Waals surface area contributed by atoms with Gasteiger partial charge in [-0.05, 0) is 42.3 Å². The Morgan fingerprint density at radius 2 is 2.00 bits per heavy atom. The Kier molecular flexibility index (Phi) is 5.28. The van der Waals surface area contributed by atoms with Crippen molar-refractivity contribution in [1.82, 2.24) is 9.88 Å². The fourth-order valence-electron chi connectivity index (χ4n) is 2.89. The van der Waals surface area contributed by atoms with Crippen LogP contribution < -0.4 is 10.1 Å². The second-order valence-corrected chi connectivity index (χ2v) is 6.39. The number of carbonyl (C=O) groups is 2. The van der Waals surface area contributed by atoms with Crippen molar-refractivity contribution in [3.05, 3.63) is 64.8 Å². The summed E-state index contributed by atoms with van der Waals surface area (Å²) in [6, 6.07) is 12.8. The van der Waals surface area contributed by atoms with Gasteiger partial charge in [0, 0.05) is 30.1 Å². The summed E-state index contributed by atoms with van der Waals surface area (Å²) in [5.41, 5.74) is 2.17. The molecule has 0 fully saturated rings. The molecule has 1 amide bonds. The molecule has 6 heteroatoms. The topological polar surface area (TPSA) is 60.3 Å². The monoisotopic (exact) mass is 370 g/mol. The van der Waals surface area contributed by atoms with Gasteiger partial charge in [0.05, 0.1) is 18.2 Å². The zero-order chi connectivity index (χ0) is 18.7. The van der Waals surface area contributed by atoms with Crippen molar-refractivity contribution in [2.75, 3.05) is 13.7 Å². The van der Waals surface area contributed by atoms with Crippen molar-refractivity contribution in [3.63, 3.8) is 0 Å². The first-order chi connectivity index (χ1) is 12.5. The number of aromatic nitrogens is 1. The van der Waals surface area contributed by atoms with E-state index in [0.717, 1.165) is 5.56 Å². The SMILES string of the molecule is COc1ccc2c(c1)c(C(=O)NCCc1cccc(Cl)c1)cn2C(C)=O. The molecule has 1 aromatic heterocycles. The van der Waals surface area contributed by atoms with Crippen molar-refractivity contribution in [3.8, 4) is 5.75 Å². The Balaban J connectivity index is 1.82. The van der Waals surface area contributed by atoms with E-state index in [2.05, 4.69) is 5.32 Å². The van der Waals surface area contributed by atoms with Gasteiger partial charge in [-0.3, -0.25) is 14.2 Å². The second-order valence-electron chi connectivity index (χ2n) is 5.95. The van der Waals surface area contributed by atoms with Gasteiger partial charge >= 0.3 is 0 Å². The Morgan fingerprint density at radius 1 is 1.19 bits per heavy atom. The van der Waals surface area contributed by atoms with E-state index < -0.39 is 0 Å². The molecule has 0 aliphatic carbocycles. The summed E-state index contributed by atoms with van der Waals surface area (Å²) in [5, 5.41) is 4.25. The Hall–Kier alpha value is -2.79. The second kappa shape index (κ2) is 7.62. The number of methoxy groups -OCH3 is 1. The molecule has 0 radical (unpaired) electrons. The van der Waals surface area contributed by atoms with Crippen molar-refractivity contribution in [1.29, 1.82) is 0 Å². The van der Waals surface area contributed by atoms with Gasteiger partial charge < -0.3 is 10.1 Å². The van der Waals surface area contributed by atoms with Crippen LogP contribution in [0.3, 0.4) is 0 Å². The van der Waals surface area contributed by atoms with Crippen molar-refractivity contribution < 1.29 is 14.3 Å². The fraction of sp³-hybridized carbons (Fsp3) is 0.200. The number of halogens is 1. The molecular weight excluding hydrogens is 352 g/mol. The highest BCUT2D eigenvalue weighted by Crippen LogP contribution is 2.26. The highest BCUT2D eigenvalue weighted by molar-refractivity contribution is 6.30. The average molecular weight is 371 g/mol. The number of ether oxygens (including phenoxy) is 1. The Labute approximate surface area is 156 Å². The molecule has 3 rings (SSSR count). The molecule has 1 heterocycles. The van der Waals surface area contributed by atoms with Gasteiger partial charge in [-0.15, -0.1) is 0 Å². The maximum absolute atomic E-state index is 12.6. The lowest BCUT2D eigenvalue weighted by molar-refractivity contribution is 0.0941. The van der Waals surface area contributed by atoms with Crippen LogP contribution in [-0.4, -0.2) is 30.0 Å². The first-order valence-corrected chi connectivity index (χ1v) is 8.60. The summed E-state index contributed by atoms with van der Waals surface area (Å²) in [7, 11) is 1.56. The third-order valence-electron chi connectivity index (χ3n) is 4.18. The number of benzene rings is 2. The lowest BCUT2D eigenvalue weighted by Crippen LogP contribution is -2.25. The fourth-order valence-corrected chi connectivity index (χ4v) is 3.10. The molecule has 5 nitrogen and oxygen atoms in total. The molecule has 0 spiro atoms. The van der Waals surface area contributed by atoms with Crippen LogP contribution in [0.25, 0.3) is 10.9 Å². The molecule has 3 aromatic rings. The van der Waals surface area contributed by atoms with E-state index in [1.54, 1.807) is 31.5 Å². The number of hydrogen-bond acceptors (Lipinski definition) is 3. The maximum atomic E-state index is 12.6. The van der Waals surface area contributed by atoms with Crippen molar-refractivity contribution in [2.45, 2.75) is 13.3 Å². The lowest BCUT2D eigenvalue weighted by Gasteiger charge is -2.06. The quantitative estimate of drug-likeness (QED) is 0.740. The van der Waals surface area contributed by atoms with Crippen LogP contribution in [0, 0.1) is 0 Å². The Morgan fingerprint density at radius 3 is 2.69 bits per heavy atom. The van der Waals surface area contributed by atoms with Crippen molar-refractivity contribution in [2.24, 2.45) is 0 Å². The summed E-state index contributed by atoms with van der Waals surface area (Å²) in [6.07, 6.45) is 2.24. The minimum atomic E-state index is -0.231. The van der Waals surface area contributed by atoms with E-state index in [4.69, 9.17) is 16.3 Å². The molecule has 0 aliphatic heterocycles. The standard InChI is InChI=1S/C20H19ClN2O3/c1-13(24)23-12-18(17-11-16(26-2)6-7-19(17)23)20(25)22-9-8-14-4-3-5-15(21)10-14/h3-7,10-12H,8-9H2,1-2H3,(H,22,25). The molecule has 0 bridgehead atoms. The highest BCUT2D eigenvalue weighted by Gasteiger charge is 2.17. The number of fused-ring (bicyclic) bond motifs is 1. The minimum Gasteiger partial charge on any atom is -0.497 e. The Bertz CT molecular complexity index is 978. The van der Waals surface area contributed by atoms with E-state index in [1.807, 2.05) is 24.3 Å². The van der Waals surface area contributed by atoms with E-state index in [-0.39, 0.29) is 11.8 Å². The lowest BCUT2D eigenvalue weighted by atomic mass is 10.1. The van der Waals surface area contributed by atoms with Gasteiger partial charge in [0.25, 0.3) is 5.91 Å². The predicted molar refractivity (Wildman–Crippen MR) is 102 cm³/mol. The molecule has 0 unspecified atom stereocenters. The summed E-state index contributed by atoms with van der Waals surface area (Å²) in [4.78, 5) is 24.5. The largest absolute Gasteiger partial charge is 0.497 e. The first kappa shape index (κ1) is 18.0. The van der Waals surface area contributed by atoms with Crippen LogP contribution in [0.5, 0.6) is 5.75 Å². The highest BCUT2D eigenvalue weighted by atomic mass is 35.5. The van der Waals surface area contributed by atoms with Gasteiger partial charge in [0.2, 0.25) is 5.91 Å². The number of nitrogens with zero attached hydrogens (tertiary/aromatic N) is 1. The van der Waals surface area contributed by atoms with Crippen LogP contribution in [0.1, 0.15) is 27.6 Å². The molecule has 1 N–H and O–H groups in total. The van der Waals surface area contributed by atoms with Crippen molar-refractivity contribution >= 4 is 34.3 Å². The number of carbonyl (C=O) groups excluding carboxylic acids is 2. The third kappa shape index (κ3) is 3.73. The summed E-state index contributed by atoms with van der Waals surface area (Å²) in [6.45, 7) is 1.93.